The molecule has 0 radical (unpaired) electrons. The molecule has 0 spiro atoms. The van der Waals surface area contributed by atoms with Crippen LogP contribution in [0.1, 0.15) is 43.4 Å². The van der Waals surface area contributed by atoms with Crippen molar-refractivity contribution in [2.24, 2.45) is 0 Å². The van der Waals surface area contributed by atoms with Crippen molar-refractivity contribution in [1.82, 2.24) is 30.5 Å². The molecule has 1 aliphatic rings. The lowest BCUT2D eigenvalue weighted by molar-refractivity contribution is -0.135. The Morgan fingerprint density at radius 3 is 2.37 bits per heavy atom. The summed E-state index contributed by atoms with van der Waals surface area (Å²) in [6, 6.07) is 13.8. The largest absolute Gasteiger partial charge is 0.478 e. The Kier molecular flexibility index (Phi) is 7.52. The molecule has 14 heteroatoms. The van der Waals surface area contributed by atoms with Crippen molar-refractivity contribution in [3.63, 3.8) is 0 Å². The van der Waals surface area contributed by atoms with Gasteiger partial charge in [-0.05, 0) is 93.0 Å². The molecular weight excluding hydrogens is 554 g/mol. The molecule has 4 aromatic rings. The minimum atomic E-state index is -1.17. The number of aromatic nitrogens is 5. The summed E-state index contributed by atoms with van der Waals surface area (Å²) in [5.74, 6) is -3.38. The molecule has 3 aromatic carbocycles. The van der Waals surface area contributed by atoms with Gasteiger partial charge in [0.1, 0.15) is 6.04 Å². The van der Waals surface area contributed by atoms with Gasteiger partial charge >= 0.3 is 11.9 Å². The fourth-order valence-electron chi connectivity index (χ4n) is 4.62. The Hall–Kier alpha value is -5.43. The van der Waals surface area contributed by atoms with Crippen LogP contribution in [0.3, 0.4) is 0 Å². The van der Waals surface area contributed by atoms with E-state index in [0.29, 0.717) is 33.1 Å². The maximum absolute atomic E-state index is 13.6. The highest BCUT2D eigenvalue weighted by Gasteiger charge is 2.37. The smallest absolute Gasteiger partial charge is 0.335 e. The summed E-state index contributed by atoms with van der Waals surface area (Å²) >= 11 is 6.16. The third-order valence-electron chi connectivity index (χ3n) is 6.48. The summed E-state index contributed by atoms with van der Waals surface area (Å²) in [4.78, 5) is 52.8. The molecule has 1 unspecified atom stereocenters. The number of halogens is 1. The van der Waals surface area contributed by atoms with Crippen LogP contribution in [-0.4, -0.2) is 71.1 Å². The number of carbonyl (C=O) groups is 4. The van der Waals surface area contributed by atoms with Crippen molar-refractivity contribution < 1.29 is 29.4 Å². The lowest BCUT2D eigenvalue weighted by atomic mass is 9.88. The average Bonchev–Trinajstić information content (AvgIpc) is 3.50. The van der Waals surface area contributed by atoms with Crippen LogP contribution in [0.2, 0.25) is 5.02 Å². The van der Waals surface area contributed by atoms with E-state index in [1.807, 2.05) is 0 Å². The van der Waals surface area contributed by atoms with Crippen molar-refractivity contribution in [2.45, 2.75) is 12.5 Å². The standard InChI is InChI=1S/C27H20ClN7O6/c28-17-7-10-22(35-32-30-31-33-35)16(14-17)6-11-23(36)34-13-12-19-20(2-1-3-21(19)27(40)41)24(34)25(37)29-18-8-4-15(5-9-18)26(38)39/h1-11,14,24H,12-13H2,(H,29,37)(H,38,39)(H,40,41)/b11-6+. The summed E-state index contributed by atoms with van der Waals surface area (Å²) < 4.78 is 0. The lowest BCUT2D eigenvalue weighted by Crippen LogP contribution is -2.45. The number of benzene rings is 3. The third-order valence-corrected chi connectivity index (χ3v) is 6.72. The topological polar surface area (TPSA) is 180 Å². The van der Waals surface area contributed by atoms with Gasteiger partial charge < -0.3 is 20.4 Å². The van der Waals surface area contributed by atoms with Crippen molar-refractivity contribution in [3.8, 4) is 5.69 Å². The minimum absolute atomic E-state index is 0.0383. The minimum Gasteiger partial charge on any atom is -0.478 e. The Morgan fingerprint density at radius 1 is 0.951 bits per heavy atom. The molecule has 1 aromatic heterocycles. The fourth-order valence-corrected chi connectivity index (χ4v) is 4.80. The fraction of sp³-hybridized carbons (Fsp3) is 0.111. The van der Waals surface area contributed by atoms with E-state index in [1.54, 1.807) is 24.3 Å². The molecule has 1 atom stereocenters. The van der Waals surface area contributed by atoms with Gasteiger partial charge in [-0.1, -0.05) is 23.7 Å². The molecule has 0 bridgehead atoms. The molecule has 0 saturated carbocycles. The maximum Gasteiger partial charge on any atom is 0.335 e. The summed E-state index contributed by atoms with van der Waals surface area (Å²) in [6.45, 7) is 0.0630. The highest BCUT2D eigenvalue weighted by Crippen LogP contribution is 2.33. The van der Waals surface area contributed by atoms with E-state index in [-0.39, 0.29) is 24.1 Å². The number of carbonyl (C=O) groups excluding carboxylic acids is 2. The molecule has 3 N–H and O–H groups in total. The molecule has 1 aliphatic heterocycles. The van der Waals surface area contributed by atoms with Crippen LogP contribution in [0.4, 0.5) is 5.69 Å². The zero-order chi connectivity index (χ0) is 29.1. The van der Waals surface area contributed by atoms with Gasteiger partial charge in [0.05, 0.1) is 16.8 Å². The van der Waals surface area contributed by atoms with Crippen LogP contribution < -0.4 is 5.32 Å². The summed E-state index contributed by atoms with van der Waals surface area (Å²) in [5, 5.41) is 36.4. The molecular formula is C27H20ClN7O6. The van der Waals surface area contributed by atoms with Crippen LogP contribution in [0, 0.1) is 0 Å². The number of carboxylic acid groups (broad SMARTS) is 2. The average molecular weight is 574 g/mol. The normalized spacial score (nSPS) is 14.5. The van der Waals surface area contributed by atoms with Gasteiger partial charge in [0, 0.05) is 28.9 Å². The zero-order valence-corrected chi connectivity index (χ0v) is 21.8. The van der Waals surface area contributed by atoms with Crippen LogP contribution in [0.5, 0.6) is 0 Å². The van der Waals surface area contributed by atoms with E-state index in [4.69, 9.17) is 16.7 Å². The number of hydrogen-bond acceptors (Lipinski definition) is 8. The summed E-state index contributed by atoms with van der Waals surface area (Å²) in [7, 11) is 0. The number of anilines is 1. The van der Waals surface area contributed by atoms with Crippen LogP contribution >= 0.6 is 11.6 Å². The molecule has 0 saturated heterocycles. The molecule has 2 amide bonds. The van der Waals surface area contributed by atoms with Gasteiger partial charge in [-0.15, -0.1) is 4.80 Å². The predicted octanol–water partition coefficient (Wildman–Crippen LogP) is 2.89. The number of rotatable bonds is 7. The molecule has 2 heterocycles. The number of amides is 2. The highest BCUT2D eigenvalue weighted by molar-refractivity contribution is 6.30. The first-order valence-corrected chi connectivity index (χ1v) is 12.5. The molecule has 0 aliphatic carbocycles. The van der Waals surface area contributed by atoms with E-state index in [2.05, 4.69) is 26.2 Å². The maximum atomic E-state index is 13.6. The van der Waals surface area contributed by atoms with E-state index in [9.17, 15) is 24.3 Å². The van der Waals surface area contributed by atoms with Gasteiger partial charge in [0.2, 0.25) is 5.91 Å². The van der Waals surface area contributed by atoms with Gasteiger partial charge in [-0.3, -0.25) is 9.59 Å². The van der Waals surface area contributed by atoms with E-state index >= 15 is 0 Å². The first kappa shape index (κ1) is 27.1. The molecule has 13 nitrogen and oxygen atoms in total. The first-order valence-electron chi connectivity index (χ1n) is 12.1. The Bertz CT molecular complexity index is 1690. The van der Waals surface area contributed by atoms with E-state index < -0.39 is 29.8 Å². The van der Waals surface area contributed by atoms with Crippen molar-refractivity contribution in [2.75, 3.05) is 11.9 Å². The SMILES string of the molecule is O=C(O)c1ccc(NC(=O)C2c3cccc(C(=O)O)c3CCN2C(=O)/C=C/c2cc(Cl)ccc2-n2nnnn2)cc1. The Morgan fingerprint density at radius 2 is 1.68 bits per heavy atom. The number of hydrogen-bond donors (Lipinski definition) is 3. The second kappa shape index (κ2) is 11.4. The summed E-state index contributed by atoms with van der Waals surface area (Å²) in [5.41, 5.74) is 2.16. The van der Waals surface area contributed by atoms with E-state index in [1.165, 1.54) is 53.5 Å². The molecule has 0 fully saturated rings. The van der Waals surface area contributed by atoms with Crippen LogP contribution in [0.25, 0.3) is 11.8 Å². The first-order chi connectivity index (χ1) is 19.7. The lowest BCUT2D eigenvalue weighted by Gasteiger charge is -2.36. The van der Waals surface area contributed by atoms with Crippen molar-refractivity contribution in [3.05, 3.63) is 99.6 Å². The van der Waals surface area contributed by atoms with Crippen LogP contribution in [-0.2, 0) is 16.0 Å². The Balaban J connectivity index is 1.49. The monoisotopic (exact) mass is 573 g/mol. The second-order valence-corrected chi connectivity index (χ2v) is 9.35. The number of fused-ring (bicyclic) bond motifs is 1. The molecule has 206 valence electrons. The van der Waals surface area contributed by atoms with Crippen molar-refractivity contribution in [1.29, 1.82) is 0 Å². The molecule has 5 rings (SSSR count). The number of carboxylic acids is 2. The number of nitrogens with one attached hydrogen (secondary N) is 1. The zero-order valence-electron chi connectivity index (χ0n) is 21.0. The van der Waals surface area contributed by atoms with Gasteiger partial charge in [-0.2, -0.15) is 0 Å². The third kappa shape index (κ3) is 5.65. The van der Waals surface area contributed by atoms with Gasteiger partial charge in [-0.25, -0.2) is 9.59 Å². The highest BCUT2D eigenvalue weighted by atomic mass is 35.5. The van der Waals surface area contributed by atoms with Crippen LogP contribution in [0.15, 0.2) is 66.7 Å². The number of aromatic carboxylic acids is 2. The number of nitrogens with zero attached hydrogens (tertiary/aromatic N) is 6. The summed E-state index contributed by atoms with van der Waals surface area (Å²) in [6.07, 6.45) is 2.98. The Labute approximate surface area is 236 Å². The van der Waals surface area contributed by atoms with Crippen molar-refractivity contribution >= 4 is 47.1 Å². The second-order valence-electron chi connectivity index (χ2n) is 8.92. The molecule has 41 heavy (non-hydrogen) atoms. The quantitative estimate of drug-likeness (QED) is 0.278. The van der Waals surface area contributed by atoms with Gasteiger partial charge in [0.25, 0.3) is 5.91 Å². The van der Waals surface area contributed by atoms with Gasteiger partial charge in [0.15, 0.2) is 0 Å². The predicted molar refractivity (Wildman–Crippen MR) is 145 cm³/mol. The van der Waals surface area contributed by atoms with E-state index in [0.717, 1.165) is 4.80 Å².